The molecule has 6 nitrogen and oxygen atoms in total. The SMILES string of the molecule is COc1cc(N=C(N)N)ccc1NC(C)=O. The van der Waals surface area contributed by atoms with Crippen LogP contribution in [0.25, 0.3) is 0 Å². The van der Waals surface area contributed by atoms with Crippen molar-refractivity contribution >= 4 is 23.2 Å². The Bertz CT molecular complexity index is 425. The number of nitrogens with two attached hydrogens (primary N) is 2. The lowest BCUT2D eigenvalue weighted by Crippen LogP contribution is -2.21. The fourth-order valence-electron chi connectivity index (χ4n) is 1.19. The molecule has 0 fully saturated rings. The standard InChI is InChI=1S/C10H14N4O2/c1-6(15)13-8-4-3-7(14-10(11)12)5-9(8)16-2/h3-5H,1-2H3,(H,13,15)(H4,11,12,14). The molecule has 16 heavy (non-hydrogen) atoms. The van der Waals surface area contributed by atoms with Gasteiger partial charge >= 0.3 is 0 Å². The predicted molar refractivity (Wildman–Crippen MR) is 62.8 cm³/mol. The number of nitrogens with zero attached hydrogens (tertiary/aromatic N) is 1. The molecule has 86 valence electrons. The van der Waals surface area contributed by atoms with Crippen LogP contribution in [-0.4, -0.2) is 19.0 Å². The van der Waals surface area contributed by atoms with E-state index in [1.807, 2.05) is 0 Å². The Balaban J connectivity index is 3.06. The Morgan fingerprint density at radius 2 is 2.12 bits per heavy atom. The Kier molecular flexibility index (Phi) is 3.71. The van der Waals surface area contributed by atoms with Crippen molar-refractivity contribution in [2.24, 2.45) is 16.5 Å². The summed E-state index contributed by atoms with van der Waals surface area (Å²) >= 11 is 0. The van der Waals surface area contributed by atoms with Crippen LogP contribution >= 0.6 is 0 Å². The zero-order valence-corrected chi connectivity index (χ0v) is 9.15. The van der Waals surface area contributed by atoms with E-state index in [2.05, 4.69) is 10.3 Å². The number of aliphatic imine (C=N–C) groups is 1. The van der Waals surface area contributed by atoms with Gasteiger partial charge in [0.15, 0.2) is 5.96 Å². The van der Waals surface area contributed by atoms with Gasteiger partial charge in [0.25, 0.3) is 0 Å². The van der Waals surface area contributed by atoms with Crippen molar-refractivity contribution in [1.29, 1.82) is 0 Å². The van der Waals surface area contributed by atoms with Crippen molar-refractivity contribution in [3.05, 3.63) is 18.2 Å². The molecule has 0 radical (unpaired) electrons. The van der Waals surface area contributed by atoms with E-state index in [1.54, 1.807) is 18.2 Å². The largest absolute Gasteiger partial charge is 0.494 e. The first-order valence-electron chi connectivity index (χ1n) is 4.58. The molecule has 0 unspecified atom stereocenters. The quantitative estimate of drug-likeness (QED) is 0.513. The first-order valence-corrected chi connectivity index (χ1v) is 4.58. The minimum atomic E-state index is -0.173. The predicted octanol–water partition coefficient (Wildman–Crippen LogP) is 0.558. The summed E-state index contributed by atoms with van der Waals surface area (Å²) in [7, 11) is 1.50. The fraction of sp³-hybridized carbons (Fsp3) is 0.200. The molecule has 0 atom stereocenters. The molecular formula is C10H14N4O2. The summed E-state index contributed by atoms with van der Waals surface area (Å²) in [5, 5.41) is 2.63. The summed E-state index contributed by atoms with van der Waals surface area (Å²) in [5.74, 6) is 0.292. The Morgan fingerprint density at radius 3 is 2.62 bits per heavy atom. The zero-order valence-electron chi connectivity index (χ0n) is 9.15. The number of ether oxygens (including phenoxy) is 1. The molecule has 0 bridgehead atoms. The lowest BCUT2D eigenvalue weighted by Gasteiger charge is -2.09. The molecule has 0 spiro atoms. The monoisotopic (exact) mass is 222 g/mol. The lowest BCUT2D eigenvalue weighted by atomic mass is 10.2. The van der Waals surface area contributed by atoms with Crippen molar-refractivity contribution in [2.45, 2.75) is 6.92 Å². The van der Waals surface area contributed by atoms with Crippen LogP contribution in [0.4, 0.5) is 11.4 Å². The van der Waals surface area contributed by atoms with E-state index < -0.39 is 0 Å². The van der Waals surface area contributed by atoms with Crippen LogP contribution < -0.4 is 21.5 Å². The summed E-state index contributed by atoms with van der Waals surface area (Å²) in [6.07, 6.45) is 0. The van der Waals surface area contributed by atoms with Gasteiger partial charge in [-0.3, -0.25) is 4.79 Å². The van der Waals surface area contributed by atoms with Crippen molar-refractivity contribution in [3.8, 4) is 5.75 Å². The number of hydrogen-bond acceptors (Lipinski definition) is 3. The van der Waals surface area contributed by atoms with Gasteiger partial charge in [0, 0.05) is 13.0 Å². The molecule has 5 N–H and O–H groups in total. The molecule has 0 heterocycles. The number of methoxy groups -OCH3 is 1. The van der Waals surface area contributed by atoms with Crippen LogP contribution in [0.1, 0.15) is 6.92 Å². The van der Waals surface area contributed by atoms with Crippen molar-refractivity contribution in [2.75, 3.05) is 12.4 Å². The van der Waals surface area contributed by atoms with Crippen LogP contribution in [0.2, 0.25) is 0 Å². The topological polar surface area (TPSA) is 103 Å². The maximum absolute atomic E-state index is 10.9. The van der Waals surface area contributed by atoms with E-state index in [9.17, 15) is 4.79 Å². The molecule has 0 aliphatic carbocycles. The van der Waals surface area contributed by atoms with Crippen LogP contribution in [-0.2, 0) is 4.79 Å². The molecule has 0 saturated carbocycles. The van der Waals surface area contributed by atoms with Gasteiger partial charge in [0.1, 0.15) is 5.75 Å². The second-order valence-corrected chi connectivity index (χ2v) is 3.10. The maximum atomic E-state index is 10.9. The summed E-state index contributed by atoms with van der Waals surface area (Å²) in [6.45, 7) is 1.42. The highest BCUT2D eigenvalue weighted by molar-refractivity contribution is 5.91. The maximum Gasteiger partial charge on any atom is 0.221 e. The summed E-state index contributed by atoms with van der Waals surface area (Å²) < 4.78 is 5.10. The number of rotatable bonds is 3. The molecular weight excluding hydrogens is 208 g/mol. The average Bonchev–Trinajstić information content (AvgIpc) is 2.18. The van der Waals surface area contributed by atoms with E-state index in [0.29, 0.717) is 17.1 Å². The van der Waals surface area contributed by atoms with Crippen molar-refractivity contribution in [1.82, 2.24) is 0 Å². The third kappa shape index (κ3) is 3.16. The van der Waals surface area contributed by atoms with Gasteiger partial charge in [-0.15, -0.1) is 0 Å². The molecule has 6 heteroatoms. The number of benzene rings is 1. The molecule has 0 aromatic heterocycles. The van der Waals surface area contributed by atoms with Gasteiger partial charge in [-0.25, -0.2) is 4.99 Å². The van der Waals surface area contributed by atoms with Gasteiger partial charge in [0.2, 0.25) is 5.91 Å². The van der Waals surface area contributed by atoms with Gasteiger partial charge in [-0.1, -0.05) is 0 Å². The van der Waals surface area contributed by atoms with Gasteiger partial charge in [-0.2, -0.15) is 0 Å². The normalized spacial score (nSPS) is 9.38. The molecule has 0 saturated heterocycles. The molecule has 1 aromatic rings. The van der Waals surface area contributed by atoms with Gasteiger partial charge in [-0.05, 0) is 12.1 Å². The summed E-state index contributed by atoms with van der Waals surface area (Å²) in [4.78, 5) is 14.8. The fourth-order valence-corrected chi connectivity index (χ4v) is 1.19. The molecule has 1 rings (SSSR count). The Morgan fingerprint density at radius 1 is 1.44 bits per heavy atom. The minimum Gasteiger partial charge on any atom is -0.494 e. The lowest BCUT2D eigenvalue weighted by molar-refractivity contribution is -0.114. The first-order chi connectivity index (χ1) is 7.52. The number of anilines is 1. The summed E-state index contributed by atoms with van der Waals surface area (Å²) in [5.41, 5.74) is 11.6. The van der Waals surface area contributed by atoms with E-state index in [-0.39, 0.29) is 11.9 Å². The number of nitrogens with one attached hydrogen (secondary N) is 1. The van der Waals surface area contributed by atoms with Crippen molar-refractivity contribution in [3.63, 3.8) is 0 Å². The highest BCUT2D eigenvalue weighted by Gasteiger charge is 2.05. The van der Waals surface area contributed by atoms with Crippen molar-refractivity contribution < 1.29 is 9.53 Å². The number of guanidine groups is 1. The Labute approximate surface area is 93.3 Å². The minimum absolute atomic E-state index is 0.0330. The number of hydrogen-bond donors (Lipinski definition) is 3. The Hall–Kier alpha value is -2.24. The highest BCUT2D eigenvalue weighted by atomic mass is 16.5. The second kappa shape index (κ2) is 5.01. The van der Waals surface area contributed by atoms with Crippen LogP contribution in [0.5, 0.6) is 5.75 Å². The van der Waals surface area contributed by atoms with Gasteiger partial charge in [0.05, 0.1) is 18.5 Å². The molecule has 1 amide bonds. The number of carbonyl (C=O) groups is 1. The van der Waals surface area contributed by atoms with Crippen LogP contribution in [0, 0.1) is 0 Å². The first kappa shape index (κ1) is 11.8. The molecule has 0 aliphatic rings. The van der Waals surface area contributed by atoms with E-state index in [1.165, 1.54) is 14.0 Å². The molecule has 0 aliphatic heterocycles. The molecule has 1 aromatic carbocycles. The van der Waals surface area contributed by atoms with E-state index in [4.69, 9.17) is 16.2 Å². The van der Waals surface area contributed by atoms with Gasteiger partial charge < -0.3 is 21.5 Å². The van der Waals surface area contributed by atoms with Crippen LogP contribution in [0.15, 0.2) is 23.2 Å². The second-order valence-electron chi connectivity index (χ2n) is 3.10. The van der Waals surface area contributed by atoms with E-state index >= 15 is 0 Å². The smallest absolute Gasteiger partial charge is 0.221 e. The third-order valence-electron chi connectivity index (χ3n) is 1.75. The number of carbonyl (C=O) groups excluding carboxylic acids is 1. The average molecular weight is 222 g/mol. The third-order valence-corrected chi connectivity index (χ3v) is 1.75. The van der Waals surface area contributed by atoms with Crippen LogP contribution in [0.3, 0.4) is 0 Å². The zero-order chi connectivity index (χ0) is 12.1. The highest BCUT2D eigenvalue weighted by Crippen LogP contribution is 2.29. The van der Waals surface area contributed by atoms with E-state index in [0.717, 1.165) is 0 Å². The number of amides is 1. The summed E-state index contributed by atoms with van der Waals surface area (Å²) in [6, 6.07) is 4.97.